The zero-order chi connectivity index (χ0) is 27.1. The number of amides is 1. The topological polar surface area (TPSA) is 71.8 Å². The number of hydrogen-bond donors (Lipinski definition) is 0. The number of ketones is 1. The predicted octanol–water partition coefficient (Wildman–Crippen LogP) is 4.58. The molecule has 1 aliphatic carbocycles. The van der Waals surface area contributed by atoms with Crippen molar-refractivity contribution in [3.8, 4) is 5.75 Å². The summed E-state index contributed by atoms with van der Waals surface area (Å²) in [5.41, 5.74) is 0.667. The Kier molecular flexibility index (Phi) is 6.77. The molecule has 38 heavy (non-hydrogen) atoms. The summed E-state index contributed by atoms with van der Waals surface area (Å²) in [5.74, 6) is -1.32. The molecule has 0 radical (unpaired) electrons. The lowest BCUT2D eigenvalue weighted by Gasteiger charge is -2.41. The number of carbonyl (C=O) groups is 2. The van der Waals surface area contributed by atoms with E-state index in [2.05, 4.69) is 0 Å². The maximum atomic E-state index is 15.7. The molecular formula is C29H29F2N3O4. The molecule has 7 nitrogen and oxygen atoms in total. The second-order valence-corrected chi connectivity index (χ2v) is 9.90. The van der Waals surface area contributed by atoms with E-state index < -0.39 is 17.0 Å². The molecule has 2 heterocycles. The van der Waals surface area contributed by atoms with Gasteiger partial charge in [-0.1, -0.05) is 18.2 Å². The van der Waals surface area contributed by atoms with Gasteiger partial charge in [-0.25, -0.2) is 8.78 Å². The molecule has 1 aliphatic heterocycles. The number of benzene rings is 2. The summed E-state index contributed by atoms with van der Waals surface area (Å²) < 4.78 is 36.5. The Bertz CT molecular complexity index is 1510. The summed E-state index contributed by atoms with van der Waals surface area (Å²) in [4.78, 5) is 42.1. The van der Waals surface area contributed by atoms with E-state index in [0.717, 1.165) is 12.8 Å². The fourth-order valence-corrected chi connectivity index (χ4v) is 5.21. The number of pyridine rings is 1. The summed E-state index contributed by atoms with van der Waals surface area (Å²) in [5, 5.41) is 0.0754. The van der Waals surface area contributed by atoms with E-state index in [1.54, 1.807) is 11.1 Å². The highest BCUT2D eigenvalue weighted by atomic mass is 19.1. The van der Waals surface area contributed by atoms with Crippen LogP contribution in [0.5, 0.6) is 5.75 Å². The monoisotopic (exact) mass is 521 g/mol. The molecular weight excluding hydrogens is 492 g/mol. The molecule has 0 N–H and O–H groups in total. The van der Waals surface area contributed by atoms with Crippen LogP contribution in [0.15, 0.2) is 47.4 Å². The van der Waals surface area contributed by atoms with Gasteiger partial charge in [0.2, 0.25) is 11.3 Å². The first-order valence-electron chi connectivity index (χ1n) is 12.6. The fourth-order valence-electron chi connectivity index (χ4n) is 5.21. The first-order chi connectivity index (χ1) is 18.2. The Hall–Kier alpha value is -4.01. The van der Waals surface area contributed by atoms with Crippen LogP contribution in [-0.2, 0) is 4.79 Å². The summed E-state index contributed by atoms with van der Waals surface area (Å²) in [6, 6.07) is 6.76. The van der Waals surface area contributed by atoms with Crippen molar-refractivity contribution in [2.24, 2.45) is 0 Å². The Morgan fingerprint density at radius 1 is 1.11 bits per heavy atom. The van der Waals surface area contributed by atoms with Crippen molar-refractivity contribution >= 4 is 34.4 Å². The van der Waals surface area contributed by atoms with Crippen LogP contribution in [0.3, 0.4) is 0 Å². The SMILES string of the molecule is COc1c(N2CCN(C(C)=O)C(C)C2)c(F)cc2c(=O)c(C(=O)/C=C/c3ccc(F)cc3)cn(C3CC3)c12. The number of nitrogens with zero attached hydrogens (tertiary/aromatic N) is 3. The van der Waals surface area contributed by atoms with E-state index in [9.17, 15) is 18.8 Å². The van der Waals surface area contributed by atoms with Crippen LogP contribution in [0, 0.1) is 11.6 Å². The number of hydrogen-bond acceptors (Lipinski definition) is 5. The van der Waals surface area contributed by atoms with Gasteiger partial charge in [-0.05, 0) is 49.6 Å². The maximum absolute atomic E-state index is 15.7. The third-order valence-electron chi connectivity index (χ3n) is 7.25. The quantitative estimate of drug-likeness (QED) is 0.351. The number of aromatic nitrogens is 1. The highest BCUT2D eigenvalue weighted by Gasteiger charge is 2.33. The minimum atomic E-state index is -0.622. The number of halogens is 2. The molecule has 5 rings (SSSR count). The Labute approximate surface area is 218 Å². The van der Waals surface area contributed by atoms with E-state index in [-0.39, 0.29) is 46.2 Å². The molecule has 1 amide bonds. The van der Waals surface area contributed by atoms with Crippen LogP contribution in [0.4, 0.5) is 14.5 Å². The minimum Gasteiger partial charge on any atom is -0.492 e. The van der Waals surface area contributed by atoms with Crippen molar-refractivity contribution in [1.82, 2.24) is 9.47 Å². The Morgan fingerprint density at radius 2 is 1.82 bits per heavy atom. The third-order valence-corrected chi connectivity index (χ3v) is 7.25. The van der Waals surface area contributed by atoms with Crippen LogP contribution in [0.2, 0.25) is 0 Å². The number of anilines is 1. The molecule has 198 valence electrons. The first-order valence-corrected chi connectivity index (χ1v) is 12.6. The van der Waals surface area contributed by atoms with Crippen molar-refractivity contribution in [2.75, 3.05) is 31.6 Å². The lowest BCUT2D eigenvalue weighted by atomic mass is 10.0. The minimum absolute atomic E-state index is 0.0312. The van der Waals surface area contributed by atoms with Gasteiger partial charge in [0.05, 0.1) is 23.6 Å². The predicted molar refractivity (Wildman–Crippen MR) is 142 cm³/mol. The Morgan fingerprint density at radius 3 is 2.42 bits per heavy atom. The molecule has 1 saturated heterocycles. The molecule has 1 unspecified atom stereocenters. The van der Waals surface area contributed by atoms with Gasteiger partial charge in [0.25, 0.3) is 0 Å². The zero-order valence-corrected chi connectivity index (χ0v) is 21.5. The van der Waals surface area contributed by atoms with Gasteiger partial charge in [-0.2, -0.15) is 0 Å². The molecule has 1 saturated carbocycles. The maximum Gasteiger partial charge on any atom is 0.219 e. The van der Waals surface area contributed by atoms with E-state index in [4.69, 9.17) is 4.74 Å². The van der Waals surface area contributed by atoms with Gasteiger partial charge in [0, 0.05) is 44.8 Å². The van der Waals surface area contributed by atoms with Gasteiger partial charge >= 0.3 is 0 Å². The number of fused-ring (bicyclic) bond motifs is 1. The summed E-state index contributed by atoms with van der Waals surface area (Å²) in [6.07, 6.45) is 6.05. The number of ether oxygens (including phenoxy) is 1. The van der Waals surface area contributed by atoms with Crippen molar-refractivity contribution in [2.45, 2.75) is 38.8 Å². The van der Waals surface area contributed by atoms with Crippen LogP contribution in [0.1, 0.15) is 48.7 Å². The van der Waals surface area contributed by atoms with Gasteiger partial charge in [-0.15, -0.1) is 0 Å². The van der Waals surface area contributed by atoms with Crippen molar-refractivity contribution in [3.63, 3.8) is 0 Å². The van der Waals surface area contributed by atoms with Gasteiger partial charge in [0.1, 0.15) is 11.5 Å². The van der Waals surface area contributed by atoms with E-state index in [0.29, 0.717) is 30.7 Å². The van der Waals surface area contributed by atoms with Crippen molar-refractivity contribution < 1.29 is 23.1 Å². The molecule has 2 fully saturated rings. The lowest BCUT2D eigenvalue weighted by molar-refractivity contribution is -0.131. The van der Waals surface area contributed by atoms with E-state index in [1.165, 1.54) is 56.5 Å². The second-order valence-electron chi connectivity index (χ2n) is 9.90. The molecule has 1 atom stereocenters. The fraction of sp³-hybridized carbons (Fsp3) is 0.345. The first kappa shape index (κ1) is 25.6. The molecule has 0 bridgehead atoms. The van der Waals surface area contributed by atoms with Gasteiger partial charge in [0.15, 0.2) is 17.3 Å². The lowest BCUT2D eigenvalue weighted by Crippen LogP contribution is -2.53. The summed E-state index contributed by atoms with van der Waals surface area (Å²) >= 11 is 0. The van der Waals surface area contributed by atoms with Crippen molar-refractivity contribution in [3.05, 3.63) is 75.6 Å². The highest BCUT2D eigenvalue weighted by Crippen LogP contribution is 2.44. The second kappa shape index (κ2) is 10.0. The highest BCUT2D eigenvalue weighted by molar-refractivity contribution is 6.08. The van der Waals surface area contributed by atoms with Gasteiger partial charge < -0.3 is 19.1 Å². The summed E-state index contributed by atoms with van der Waals surface area (Å²) in [7, 11) is 1.44. The normalized spacial score (nSPS) is 17.9. The standard InChI is InChI=1S/C29H29F2N3O4/c1-17-15-32(12-13-33(17)18(2)35)27-24(31)14-22-26(29(27)38-3)34(21-9-10-21)16-23(28(22)37)25(36)11-6-19-4-7-20(30)8-5-19/h4-8,11,14,16-17,21H,9-10,12-13,15H2,1-3H3/b11-6+. The van der Waals surface area contributed by atoms with Crippen LogP contribution < -0.4 is 15.1 Å². The molecule has 2 aliphatic rings. The van der Waals surface area contributed by atoms with Gasteiger partial charge in [-0.3, -0.25) is 14.4 Å². The third kappa shape index (κ3) is 4.68. The molecule has 2 aromatic carbocycles. The molecule has 3 aromatic rings. The number of methoxy groups -OCH3 is 1. The van der Waals surface area contributed by atoms with Crippen molar-refractivity contribution in [1.29, 1.82) is 0 Å². The number of carbonyl (C=O) groups excluding carboxylic acids is 2. The largest absolute Gasteiger partial charge is 0.492 e. The van der Waals surface area contributed by atoms with E-state index in [1.807, 2.05) is 16.4 Å². The van der Waals surface area contributed by atoms with Crippen LogP contribution in [0.25, 0.3) is 17.0 Å². The molecule has 9 heteroatoms. The smallest absolute Gasteiger partial charge is 0.219 e. The average Bonchev–Trinajstić information content (AvgIpc) is 3.73. The van der Waals surface area contributed by atoms with Crippen LogP contribution in [-0.4, -0.2) is 53.9 Å². The number of rotatable bonds is 6. The Balaban J connectivity index is 1.60. The number of allylic oxidation sites excluding steroid dienone is 1. The molecule has 0 spiro atoms. The molecule has 1 aromatic heterocycles. The van der Waals surface area contributed by atoms with Crippen LogP contribution >= 0.6 is 0 Å². The zero-order valence-electron chi connectivity index (χ0n) is 21.5. The summed E-state index contributed by atoms with van der Waals surface area (Å²) in [6.45, 7) is 4.71. The average molecular weight is 522 g/mol. The number of piperazine rings is 1. The van der Waals surface area contributed by atoms with E-state index >= 15 is 4.39 Å².